The zero-order valence-corrected chi connectivity index (χ0v) is 6.70. The number of fused-ring (bicyclic) bond motifs is 1. The van der Waals surface area contributed by atoms with Crippen LogP contribution in [-0.2, 0) is 6.54 Å². The molecule has 2 aromatic heterocycles. The predicted molar refractivity (Wildman–Crippen MR) is 43.4 cm³/mol. The van der Waals surface area contributed by atoms with Crippen molar-refractivity contribution >= 4 is 11.2 Å². The number of hydrogen-bond acceptors (Lipinski definition) is 3. The Hall–Kier alpha value is -1.65. The van der Waals surface area contributed by atoms with E-state index in [2.05, 4.69) is 15.0 Å². The average molecular weight is 163 g/mol. The lowest BCUT2D eigenvalue weighted by molar-refractivity contribution is 0.752. The molecule has 2 heterocycles. The maximum Gasteiger partial charge on any atom is 0.173 e. The van der Waals surface area contributed by atoms with Crippen molar-refractivity contribution in [3.8, 4) is 0 Å². The molecule has 12 heavy (non-hydrogen) atoms. The summed E-state index contributed by atoms with van der Waals surface area (Å²) in [5.41, 5.74) is 1.73. The fourth-order valence-corrected chi connectivity index (χ4v) is 1.16. The van der Waals surface area contributed by atoms with E-state index < -0.39 is 0 Å². The molecule has 0 amide bonds. The van der Waals surface area contributed by atoms with Crippen molar-refractivity contribution in [2.75, 3.05) is 0 Å². The van der Waals surface area contributed by atoms with Crippen molar-refractivity contribution in [3.63, 3.8) is 0 Å². The van der Waals surface area contributed by atoms with Gasteiger partial charge in [0.1, 0.15) is 5.52 Å². The van der Waals surface area contributed by atoms with Crippen molar-refractivity contribution in [2.45, 2.75) is 13.5 Å². The number of rotatable bonds is 1. The van der Waals surface area contributed by atoms with Crippen molar-refractivity contribution in [1.29, 1.82) is 5.41 Å². The number of aromatic nitrogens is 4. The van der Waals surface area contributed by atoms with Gasteiger partial charge in [0, 0.05) is 6.54 Å². The first-order chi connectivity index (χ1) is 5.83. The monoisotopic (exact) mass is 163 g/mol. The van der Waals surface area contributed by atoms with E-state index in [0.29, 0.717) is 5.52 Å². The van der Waals surface area contributed by atoms with Crippen LogP contribution in [0.2, 0.25) is 0 Å². The second-order valence-electron chi connectivity index (χ2n) is 2.48. The van der Waals surface area contributed by atoms with Gasteiger partial charge in [-0.2, -0.15) is 0 Å². The number of aryl methyl sites for hydroxylation is 1. The zero-order valence-electron chi connectivity index (χ0n) is 6.70. The summed E-state index contributed by atoms with van der Waals surface area (Å²) in [5, 5.41) is 7.46. The van der Waals surface area contributed by atoms with E-state index in [0.717, 1.165) is 12.2 Å². The first-order valence-electron chi connectivity index (χ1n) is 3.76. The number of nitrogens with one attached hydrogen (secondary N) is 2. The van der Waals surface area contributed by atoms with Gasteiger partial charge >= 0.3 is 0 Å². The van der Waals surface area contributed by atoms with Crippen LogP contribution in [0.25, 0.3) is 11.2 Å². The first kappa shape index (κ1) is 7.02. The Labute approximate surface area is 68.6 Å². The van der Waals surface area contributed by atoms with Gasteiger partial charge in [-0.3, -0.25) is 5.41 Å². The van der Waals surface area contributed by atoms with E-state index in [-0.39, 0.29) is 5.49 Å². The Morgan fingerprint density at radius 2 is 2.42 bits per heavy atom. The van der Waals surface area contributed by atoms with E-state index in [9.17, 15) is 0 Å². The minimum atomic E-state index is 0.243. The Kier molecular flexibility index (Phi) is 1.43. The number of hydrogen-bond donors (Lipinski definition) is 2. The van der Waals surface area contributed by atoms with E-state index in [1.54, 1.807) is 12.7 Å². The fourth-order valence-electron chi connectivity index (χ4n) is 1.16. The Morgan fingerprint density at radius 3 is 3.17 bits per heavy atom. The molecule has 2 aromatic rings. The molecule has 0 aliphatic carbocycles. The third kappa shape index (κ3) is 0.827. The standard InChI is InChI=1S/C7H9N5/c1-2-12-4-11-6(8)5-7(12)10-3-9-5/h3-4,8H,2H2,1H3,(H,9,10). The lowest BCUT2D eigenvalue weighted by Gasteiger charge is -2.00. The molecule has 0 aliphatic rings. The minimum absolute atomic E-state index is 0.243. The van der Waals surface area contributed by atoms with Crippen LogP contribution in [0.4, 0.5) is 0 Å². The quantitative estimate of drug-likeness (QED) is 0.633. The normalized spacial score (nSPS) is 10.8. The summed E-state index contributed by atoms with van der Waals surface area (Å²) in [6.07, 6.45) is 3.21. The Bertz CT molecular complexity index is 452. The van der Waals surface area contributed by atoms with Gasteiger partial charge in [-0.05, 0) is 6.92 Å². The van der Waals surface area contributed by atoms with Crippen LogP contribution in [-0.4, -0.2) is 19.5 Å². The number of nitrogens with zero attached hydrogens (tertiary/aromatic N) is 3. The van der Waals surface area contributed by atoms with Gasteiger partial charge in [0.15, 0.2) is 11.1 Å². The molecule has 5 heteroatoms. The van der Waals surface area contributed by atoms with Crippen LogP contribution >= 0.6 is 0 Å². The van der Waals surface area contributed by atoms with Crippen LogP contribution in [0.1, 0.15) is 6.92 Å². The van der Waals surface area contributed by atoms with Crippen LogP contribution in [0.15, 0.2) is 12.7 Å². The molecule has 0 aromatic carbocycles. The first-order valence-corrected chi connectivity index (χ1v) is 3.76. The topological polar surface area (TPSA) is 70.3 Å². The summed E-state index contributed by atoms with van der Waals surface area (Å²) in [6.45, 7) is 2.83. The van der Waals surface area contributed by atoms with Gasteiger partial charge in [0.25, 0.3) is 0 Å². The molecule has 0 saturated carbocycles. The molecular weight excluding hydrogens is 154 g/mol. The molecule has 0 unspecified atom stereocenters. The second kappa shape index (κ2) is 2.44. The average Bonchev–Trinajstić information content (AvgIpc) is 2.54. The van der Waals surface area contributed by atoms with Gasteiger partial charge in [0.2, 0.25) is 0 Å². The van der Waals surface area contributed by atoms with Gasteiger partial charge in [-0.1, -0.05) is 0 Å². The van der Waals surface area contributed by atoms with Crippen LogP contribution in [0.5, 0.6) is 0 Å². The molecule has 0 atom stereocenters. The second-order valence-corrected chi connectivity index (χ2v) is 2.48. The third-order valence-corrected chi connectivity index (χ3v) is 1.80. The molecule has 62 valence electrons. The van der Waals surface area contributed by atoms with Gasteiger partial charge < -0.3 is 9.55 Å². The van der Waals surface area contributed by atoms with Crippen LogP contribution in [0, 0.1) is 5.41 Å². The molecule has 0 radical (unpaired) electrons. The van der Waals surface area contributed by atoms with Gasteiger partial charge in [-0.25, -0.2) is 9.97 Å². The summed E-state index contributed by atoms with van der Waals surface area (Å²) >= 11 is 0. The molecule has 0 aliphatic heterocycles. The van der Waals surface area contributed by atoms with E-state index in [1.807, 2.05) is 11.5 Å². The maximum absolute atomic E-state index is 7.46. The zero-order chi connectivity index (χ0) is 8.55. The largest absolute Gasteiger partial charge is 0.340 e. The number of aromatic amines is 1. The maximum atomic E-state index is 7.46. The number of imidazole rings is 1. The molecular formula is C7H9N5. The minimum Gasteiger partial charge on any atom is -0.340 e. The van der Waals surface area contributed by atoms with Crippen molar-refractivity contribution in [2.24, 2.45) is 0 Å². The molecule has 0 saturated heterocycles. The van der Waals surface area contributed by atoms with Gasteiger partial charge in [-0.15, -0.1) is 0 Å². The van der Waals surface area contributed by atoms with Crippen LogP contribution < -0.4 is 5.49 Å². The highest BCUT2D eigenvalue weighted by atomic mass is 15.1. The Balaban J connectivity index is 2.92. The molecule has 2 rings (SSSR count). The SMILES string of the molecule is CCn1cnc(=N)c2[nH]cnc21. The molecule has 2 N–H and O–H groups in total. The summed E-state index contributed by atoms with van der Waals surface area (Å²) < 4.78 is 1.89. The summed E-state index contributed by atoms with van der Waals surface area (Å²) in [7, 11) is 0. The highest BCUT2D eigenvalue weighted by molar-refractivity contribution is 5.67. The van der Waals surface area contributed by atoms with E-state index >= 15 is 0 Å². The highest BCUT2D eigenvalue weighted by Crippen LogP contribution is 2.01. The molecule has 5 nitrogen and oxygen atoms in total. The predicted octanol–water partition coefficient (Wildman–Crippen LogP) is 0.259. The smallest absolute Gasteiger partial charge is 0.173 e. The van der Waals surface area contributed by atoms with E-state index in [1.165, 1.54) is 0 Å². The van der Waals surface area contributed by atoms with Gasteiger partial charge in [0.05, 0.1) is 12.7 Å². The molecule has 0 bridgehead atoms. The third-order valence-electron chi connectivity index (χ3n) is 1.80. The summed E-state index contributed by atoms with van der Waals surface area (Å²) in [4.78, 5) is 10.9. The Morgan fingerprint density at radius 1 is 1.58 bits per heavy atom. The fraction of sp³-hybridized carbons (Fsp3) is 0.286. The lowest BCUT2D eigenvalue weighted by atomic mass is 10.5. The number of H-pyrrole nitrogens is 1. The van der Waals surface area contributed by atoms with E-state index in [4.69, 9.17) is 5.41 Å². The lowest BCUT2D eigenvalue weighted by Crippen LogP contribution is -2.11. The van der Waals surface area contributed by atoms with Crippen molar-refractivity contribution < 1.29 is 0 Å². The highest BCUT2D eigenvalue weighted by Gasteiger charge is 2.01. The molecule has 0 spiro atoms. The summed E-state index contributed by atoms with van der Waals surface area (Å²) in [6, 6.07) is 0. The van der Waals surface area contributed by atoms with Crippen LogP contribution in [0.3, 0.4) is 0 Å². The molecule has 0 fully saturated rings. The van der Waals surface area contributed by atoms with Crippen molar-refractivity contribution in [3.05, 3.63) is 18.1 Å². The van der Waals surface area contributed by atoms with Crippen molar-refractivity contribution in [1.82, 2.24) is 19.5 Å². The summed E-state index contributed by atoms with van der Waals surface area (Å²) in [5.74, 6) is 0.